The molecule has 4 aromatic rings. The van der Waals surface area contributed by atoms with Gasteiger partial charge in [0.15, 0.2) is 0 Å². The summed E-state index contributed by atoms with van der Waals surface area (Å²) in [6.45, 7) is 3.24. The van der Waals surface area contributed by atoms with E-state index in [1.54, 1.807) is 12.1 Å². The number of unbranched alkanes of at least 4 members (excludes halogenated alkanes) is 3. The van der Waals surface area contributed by atoms with E-state index in [4.69, 9.17) is 0 Å². The fourth-order valence-electron chi connectivity index (χ4n) is 3.80. The van der Waals surface area contributed by atoms with Crippen molar-refractivity contribution < 1.29 is 4.92 Å². The van der Waals surface area contributed by atoms with Crippen molar-refractivity contribution in [3.63, 3.8) is 0 Å². The van der Waals surface area contributed by atoms with Crippen LogP contribution in [0.2, 0.25) is 0 Å². The minimum absolute atomic E-state index is 0.0436. The van der Waals surface area contributed by atoms with Crippen LogP contribution in [0.5, 0.6) is 0 Å². The van der Waals surface area contributed by atoms with Crippen LogP contribution in [-0.4, -0.2) is 9.49 Å². The Labute approximate surface area is 175 Å². The first kappa shape index (κ1) is 19.8. The van der Waals surface area contributed by atoms with Crippen molar-refractivity contribution in [2.75, 3.05) is 0 Å². The fraction of sp³-hybridized carbons (Fsp3) is 0.250. The number of fused-ring (bicyclic) bond motifs is 3. The molecule has 0 N–H and O–H groups in total. The normalized spacial score (nSPS) is 11.6. The van der Waals surface area contributed by atoms with Gasteiger partial charge in [0.05, 0.1) is 16.3 Å². The minimum atomic E-state index is -0.424. The summed E-state index contributed by atoms with van der Waals surface area (Å²) in [5.74, 6) is 0. The number of aromatic nitrogens is 1. The van der Waals surface area contributed by atoms with E-state index in [0.717, 1.165) is 12.2 Å². The predicted molar refractivity (Wildman–Crippen MR) is 121 cm³/mol. The number of nitrogens with zero attached hydrogens (tertiary/aromatic N) is 4. The van der Waals surface area contributed by atoms with Crippen molar-refractivity contribution >= 4 is 38.9 Å². The number of hydrogen-bond acceptors (Lipinski definition) is 4. The summed E-state index contributed by atoms with van der Waals surface area (Å²) in [5.41, 5.74) is 3.84. The summed E-state index contributed by atoms with van der Waals surface area (Å²) in [6.07, 6.45) is 4.91. The third-order valence-corrected chi connectivity index (χ3v) is 5.33. The highest BCUT2D eigenvalue weighted by Crippen LogP contribution is 2.33. The number of para-hydroxylation sites is 1. The Morgan fingerprint density at radius 3 is 2.30 bits per heavy atom. The second-order valence-corrected chi connectivity index (χ2v) is 7.40. The van der Waals surface area contributed by atoms with Crippen LogP contribution in [0.1, 0.15) is 32.6 Å². The summed E-state index contributed by atoms with van der Waals surface area (Å²) in [5, 5.41) is 21.7. The van der Waals surface area contributed by atoms with Crippen molar-refractivity contribution in [2.45, 2.75) is 39.2 Å². The van der Waals surface area contributed by atoms with Crippen molar-refractivity contribution in [3.05, 3.63) is 76.8 Å². The number of benzene rings is 3. The molecule has 1 heterocycles. The molecule has 152 valence electrons. The van der Waals surface area contributed by atoms with E-state index in [1.807, 2.05) is 6.07 Å². The number of rotatable bonds is 8. The molecule has 3 aromatic carbocycles. The van der Waals surface area contributed by atoms with E-state index in [2.05, 4.69) is 58.1 Å². The van der Waals surface area contributed by atoms with Gasteiger partial charge in [-0.05, 0) is 42.8 Å². The number of non-ortho nitro benzene ring substituents is 1. The molecule has 0 atom stereocenters. The van der Waals surface area contributed by atoms with Crippen LogP contribution in [0.3, 0.4) is 0 Å². The molecule has 0 bridgehead atoms. The summed E-state index contributed by atoms with van der Waals surface area (Å²) in [6, 6.07) is 20.7. The first-order valence-corrected chi connectivity index (χ1v) is 10.3. The lowest BCUT2D eigenvalue weighted by Crippen LogP contribution is -1.97. The molecule has 0 unspecified atom stereocenters. The van der Waals surface area contributed by atoms with Crippen molar-refractivity contribution in [3.8, 4) is 0 Å². The zero-order chi connectivity index (χ0) is 20.9. The summed E-state index contributed by atoms with van der Waals surface area (Å²) in [4.78, 5) is 10.3. The van der Waals surface area contributed by atoms with Crippen molar-refractivity contribution in [2.24, 2.45) is 10.2 Å². The van der Waals surface area contributed by atoms with Gasteiger partial charge < -0.3 is 4.57 Å². The molecule has 1 aromatic heterocycles. The Balaban J connectivity index is 1.65. The second kappa shape index (κ2) is 8.86. The van der Waals surface area contributed by atoms with E-state index < -0.39 is 4.92 Å². The number of azo groups is 1. The average Bonchev–Trinajstić information content (AvgIpc) is 3.09. The summed E-state index contributed by atoms with van der Waals surface area (Å²) in [7, 11) is 0. The maximum Gasteiger partial charge on any atom is 0.269 e. The third-order valence-electron chi connectivity index (χ3n) is 5.33. The monoisotopic (exact) mass is 400 g/mol. The molecule has 0 aliphatic heterocycles. The second-order valence-electron chi connectivity index (χ2n) is 7.40. The Morgan fingerprint density at radius 1 is 0.833 bits per heavy atom. The Morgan fingerprint density at radius 2 is 1.53 bits per heavy atom. The lowest BCUT2D eigenvalue weighted by molar-refractivity contribution is -0.384. The molecule has 0 aliphatic carbocycles. The summed E-state index contributed by atoms with van der Waals surface area (Å²) >= 11 is 0. The van der Waals surface area contributed by atoms with E-state index in [9.17, 15) is 10.1 Å². The largest absolute Gasteiger partial charge is 0.340 e. The average molecular weight is 400 g/mol. The molecule has 30 heavy (non-hydrogen) atoms. The van der Waals surface area contributed by atoms with Crippen LogP contribution in [0, 0.1) is 10.1 Å². The Kier molecular flexibility index (Phi) is 5.84. The molecule has 0 saturated heterocycles. The zero-order valence-corrected chi connectivity index (χ0v) is 17.0. The van der Waals surface area contributed by atoms with E-state index in [0.29, 0.717) is 5.69 Å². The lowest BCUT2D eigenvalue weighted by Gasteiger charge is -2.07. The van der Waals surface area contributed by atoms with Gasteiger partial charge in [0, 0.05) is 40.5 Å². The molecular formula is C24H24N4O2. The third kappa shape index (κ3) is 4.08. The van der Waals surface area contributed by atoms with Crippen LogP contribution in [-0.2, 0) is 6.54 Å². The van der Waals surface area contributed by atoms with Gasteiger partial charge >= 0.3 is 0 Å². The van der Waals surface area contributed by atoms with Gasteiger partial charge in [0.25, 0.3) is 5.69 Å². The SMILES string of the molecule is CCCCCCn1c2ccccc2c2cc(N=Nc3ccc([N+](=O)[O-])cc3)ccc21. The van der Waals surface area contributed by atoms with Crippen LogP contribution in [0.25, 0.3) is 21.8 Å². The molecule has 0 amide bonds. The van der Waals surface area contributed by atoms with Crippen LogP contribution in [0.15, 0.2) is 77.0 Å². The lowest BCUT2D eigenvalue weighted by atomic mass is 10.1. The highest BCUT2D eigenvalue weighted by Gasteiger charge is 2.11. The number of nitro groups is 1. The number of aryl methyl sites for hydroxylation is 1. The van der Waals surface area contributed by atoms with Crippen molar-refractivity contribution in [1.29, 1.82) is 0 Å². The first-order chi connectivity index (χ1) is 14.7. The first-order valence-electron chi connectivity index (χ1n) is 10.3. The Hall–Kier alpha value is -3.54. The number of nitro benzene ring substituents is 1. The van der Waals surface area contributed by atoms with E-state index >= 15 is 0 Å². The molecule has 0 spiro atoms. The zero-order valence-electron chi connectivity index (χ0n) is 17.0. The standard InChI is InChI=1S/C24H24N4O2/c1-2-3-4-7-16-27-23-9-6-5-8-21(23)22-17-19(12-15-24(22)27)26-25-18-10-13-20(14-11-18)28(29)30/h5-6,8-15,17H,2-4,7,16H2,1H3. The van der Waals surface area contributed by atoms with Gasteiger partial charge in [0.2, 0.25) is 0 Å². The molecule has 0 radical (unpaired) electrons. The quantitative estimate of drug-likeness (QED) is 0.131. The summed E-state index contributed by atoms with van der Waals surface area (Å²) < 4.78 is 2.40. The highest BCUT2D eigenvalue weighted by molar-refractivity contribution is 6.08. The number of hydrogen-bond donors (Lipinski definition) is 0. The molecule has 6 heteroatoms. The molecule has 0 fully saturated rings. The molecular weight excluding hydrogens is 376 g/mol. The molecule has 4 rings (SSSR count). The maximum absolute atomic E-state index is 10.8. The van der Waals surface area contributed by atoms with Gasteiger partial charge in [-0.25, -0.2) is 0 Å². The van der Waals surface area contributed by atoms with Crippen LogP contribution < -0.4 is 0 Å². The Bertz CT molecular complexity index is 1210. The van der Waals surface area contributed by atoms with Crippen LogP contribution >= 0.6 is 0 Å². The minimum Gasteiger partial charge on any atom is -0.340 e. The smallest absolute Gasteiger partial charge is 0.269 e. The van der Waals surface area contributed by atoms with Gasteiger partial charge in [-0.3, -0.25) is 10.1 Å². The van der Waals surface area contributed by atoms with E-state index in [-0.39, 0.29) is 5.69 Å². The molecule has 0 saturated carbocycles. The maximum atomic E-state index is 10.8. The molecule has 6 nitrogen and oxygen atoms in total. The predicted octanol–water partition coefficient (Wildman–Crippen LogP) is 7.70. The highest BCUT2D eigenvalue weighted by atomic mass is 16.6. The van der Waals surface area contributed by atoms with Crippen molar-refractivity contribution in [1.82, 2.24) is 4.57 Å². The van der Waals surface area contributed by atoms with E-state index in [1.165, 1.54) is 59.6 Å². The van der Waals surface area contributed by atoms with Gasteiger partial charge in [-0.2, -0.15) is 10.2 Å². The van der Waals surface area contributed by atoms with Crippen LogP contribution in [0.4, 0.5) is 17.1 Å². The topological polar surface area (TPSA) is 72.8 Å². The van der Waals surface area contributed by atoms with Gasteiger partial charge in [0.1, 0.15) is 0 Å². The van der Waals surface area contributed by atoms with Gasteiger partial charge in [-0.1, -0.05) is 44.4 Å². The fourth-order valence-corrected chi connectivity index (χ4v) is 3.80. The molecule has 0 aliphatic rings. The van der Waals surface area contributed by atoms with Gasteiger partial charge in [-0.15, -0.1) is 0 Å².